The van der Waals surface area contributed by atoms with E-state index in [2.05, 4.69) is 30.1 Å². The fourth-order valence-electron chi connectivity index (χ4n) is 1.52. The third-order valence-electron chi connectivity index (χ3n) is 2.78. The molecule has 0 spiro atoms. The van der Waals surface area contributed by atoms with Gasteiger partial charge in [0.2, 0.25) is 0 Å². The Morgan fingerprint density at radius 1 is 1.50 bits per heavy atom. The van der Waals surface area contributed by atoms with Gasteiger partial charge >= 0.3 is 0 Å². The van der Waals surface area contributed by atoms with Gasteiger partial charge in [-0.25, -0.2) is 4.98 Å². The molecule has 1 heterocycles. The van der Waals surface area contributed by atoms with Gasteiger partial charge in [-0.3, -0.25) is 0 Å². The highest BCUT2D eigenvalue weighted by Gasteiger charge is 2.11. The van der Waals surface area contributed by atoms with Crippen molar-refractivity contribution < 1.29 is 5.11 Å². The molecule has 0 saturated heterocycles. The number of aliphatic hydroxyl groups excluding tert-OH is 1. The Bertz CT molecular complexity index is 344. The number of hydrogen-bond acceptors (Lipinski definition) is 4. The minimum Gasteiger partial charge on any atom is -0.392 e. The van der Waals surface area contributed by atoms with Gasteiger partial charge in [0.25, 0.3) is 0 Å². The van der Waals surface area contributed by atoms with Crippen molar-refractivity contribution in [3.63, 3.8) is 0 Å². The third kappa shape index (κ3) is 3.12. The molecule has 1 atom stereocenters. The maximum Gasteiger partial charge on any atom is 0.128 e. The van der Waals surface area contributed by atoms with E-state index in [1.165, 1.54) is 0 Å². The lowest BCUT2D eigenvalue weighted by atomic mass is 10.2. The van der Waals surface area contributed by atoms with Crippen molar-refractivity contribution >= 4 is 17.6 Å². The molecule has 0 saturated carbocycles. The number of aliphatic hydroxyl groups is 1. The molecule has 1 aromatic rings. The van der Waals surface area contributed by atoms with E-state index in [0.717, 1.165) is 22.8 Å². The molecular weight excluding hydrogens is 220 g/mol. The average molecular weight is 240 g/mol. The fraction of sp³-hybridized carbons (Fsp3) is 0.583. The largest absolute Gasteiger partial charge is 0.392 e. The van der Waals surface area contributed by atoms with E-state index < -0.39 is 0 Å². The Morgan fingerprint density at radius 3 is 2.69 bits per heavy atom. The van der Waals surface area contributed by atoms with Crippen molar-refractivity contribution in [1.29, 1.82) is 0 Å². The zero-order valence-electron chi connectivity index (χ0n) is 10.4. The van der Waals surface area contributed by atoms with E-state index in [-0.39, 0.29) is 6.61 Å². The quantitative estimate of drug-likeness (QED) is 0.855. The van der Waals surface area contributed by atoms with Crippen LogP contribution in [0.5, 0.6) is 0 Å². The molecule has 4 heteroatoms. The molecule has 0 bridgehead atoms. The number of rotatable bonds is 5. The maximum absolute atomic E-state index is 9.08. The lowest BCUT2D eigenvalue weighted by molar-refractivity contribution is 0.280. The fourth-order valence-corrected chi connectivity index (χ4v) is 2.22. The van der Waals surface area contributed by atoms with Crippen molar-refractivity contribution in [3.8, 4) is 0 Å². The highest BCUT2D eigenvalue weighted by atomic mass is 32.2. The molecular formula is C12H20N2OS. The normalized spacial score (nSPS) is 12.6. The van der Waals surface area contributed by atoms with Gasteiger partial charge in [0.05, 0.1) is 6.61 Å². The van der Waals surface area contributed by atoms with E-state index in [4.69, 9.17) is 5.11 Å². The number of thioether (sulfide) groups is 1. The highest BCUT2D eigenvalue weighted by molar-refractivity contribution is 7.98. The lowest BCUT2D eigenvalue weighted by Gasteiger charge is -2.25. The van der Waals surface area contributed by atoms with Crippen molar-refractivity contribution in [2.75, 3.05) is 24.0 Å². The monoisotopic (exact) mass is 240 g/mol. The third-order valence-corrected chi connectivity index (χ3v) is 3.60. The number of pyridine rings is 1. The molecule has 0 radical (unpaired) electrons. The second-order valence-corrected chi connectivity index (χ2v) is 4.90. The Morgan fingerprint density at radius 2 is 2.19 bits per heavy atom. The molecule has 0 aliphatic carbocycles. The Kier molecular flexibility index (Phi) is 5.09. The number of aromatic nitrogens is 1. The minimum atomic E-state index is 0.0587. The van der Waals surface area contributed by atoms with E-state index in [1.807, 2.05) is 30.8 Å². The van der Waals surface area contributed by atoms with Crippen molar-refractivity contribution in [3.05, 3.63) is 23.4 Å². The van der Waals surface area contributed by atoms with Gasteiger partial charge in [0.15, 0.2) is 0 Å². The number of nitrogens with zero attached hydrogens (tertiary/aromatic N) is 2. The summed E-state index contributed by atoms with van der Waals surface area (Å²) in [6, 6.07) is 4.37. The molecule has 1 aromatic heterocycles. The molecule has 16 heavy (non-hydrogen) atoms. The standard InChI is InChI=1S/C12H20N2OS/c1-9(8-16-4)14(3)12-6-5-11(7-15)10(2)13-12/h5-6,9,15H,7-8H2,1-4H3. The molecule has 1 N–H and O–H groups in total. The summed E-state index contributed by atoms with van der Waals surface area (Å²) in [7, 11) is 2.06. The van der Waals surface area contributed by atoms with E-state index >= 15 is 0 Å². The van der Waals surface area contributed by atoms with Crippen molar-refractivity contribution in [2.24, 2.45) is 0 Å². The van der Waals surface area contributed by atoms with Crippen LogP contribution in [0.4, 0.5) is 5.82 Å². The van der Waals surface area contributed by atoms with Crippen molar-refractivity contribution in [2.45, 2.75) is 26.5 Å². The van der Waals surface area contributed by atoms with Crippen LogP contribution in [-0.4, -0.2) is 35.2 Å². The van der Waals surface area contributed by atoms with Crippen LogP contribution in [0.15, 0.2) is 12.1 Å². The maximum atomic E-state index is 9.08. The van der Waals surface area contributed by atoms with Crippen LogP contribution in [0.25, 0.3) is 0 Å². The van der Waals surface area contributed by atoms with Crippen LogP contribution in [0.3, 0.4) is 0 Å². The highest BCUT2D eigenvalue weighted by Crippen LogP contribution is 2.17. The first-order valence-corrected chi connectivity index (χ1v) is 6.78. The van der Waals surface area contributed by atoms with E-state index in [0.29, 0.717) is 6.04 Å². The summed E-state index contributed by atoms with van der Waals surface area (Å²) in [6.45, 7) is 4.18. The molecule has 0 aliphatic heterocycles. The average Bonchev–Trinajstić information content (AvgIpc) is 2.28. The summed E-state index contributed by atoms with van der Waals surface area (Å²) < 4.78 is 0. The minimum absolute atomic E-state index is 0.0587. The van der Waals surface area contributed by atoms with Gasteiger partial charge in [-0.1, -0.05) is 6.07 Å². The lowest BCUT2D eigenvalue weighted by Crippen LogP contribution is -2.31. The summed E-state index contributed by atoms with van der Waals surface area (Å²) >= 11 is 1.84. The van der Waals surface area contributed by atoms with E-state index in [1.54, 1.807) is 0 Å². The molecule has 0 fully saturated rings. The predicted molar refractivity (Wildman–Crippen MR) is 71.1 cm³/mol. The summed E-state index contributed by atoms with van der Waals surface area (Å²) in [4.78, 5) is 6.68. The first-order valence-electron chi connectivity index (χ1n) is 5.39. The number of anilines is 1. The zero-order valence-corrected chi connectivity index (χ0v) is 11.2. The number of aryl methyl sites for hydroxylation is 1. The summed E-state index contributed by atoms with van der Waals surface area (Å²) in [5.74, 6) is 2.05. The molecule has 0 amide bonds. The molecule has 0 aromatic carbocycles. The zero-order chi connectivity index (χ0) is 12.1. The summed E-state index contributed by atoms with van der Waals surface area (Å²) in [5, 5.41) is 9.08. The van der Waals surface area contributed by atoms with Gasteiger partial charge in [0, 0.05) is 24.5 Å². The van der Waals surface area contributed by atoms with Crippen LogP contribution < -0.4 is 4.90 Å². The van der Waals surface area contributed by atoms with Gasteiger partial charge in [-0.15, -0.1) is 0 Å². The smallest absolute Gasteiger partial charge is 0.128 e. The molecule has 1 unspecified atom stereocenters. The van der Waals surface area contributed by atoms with E-state index in [9.17, 15) is 0 Å². The van der Waals surface area contributed by atoms with Crippen LogP contribution in [-0.2, 0) is 6.61 Å². The van der Waals surface area contributed by atoms with Crippen LogP contribution in [0, 0.1) is 6.92 Å². The second-order valence-electron chi connectivity index (χ2n) is 3.99. The van der Waals surface area contributed by atoms with Gasteiger partial charge in [0.1, 0.15) is 5.82 Å². The molecule has 90 valence electrons. The predicted octanol–water partition coefficient (Wildman–Crippen LogP) is 2.07. The van der Waals surface area contributed by atoms with Crippen molar-refractivity contribution in [1.82, 2.24) is 4.98 Å². The molecule has 1 rings (SSSR count). The van der Waals surface area contributed by atoms with Crippen LogP contribution >= 0.6 is 11.8 Å². The summed E-state index contributed by atoms with van der Waals surface area (Å²) in [6.07, 6.45) is 2.11. The SMILES string of the molecule is CSCC(C)N(C)c1ccc(CO)c(C)n1. The summed E-state index contributed by atoms with van der Waals surface area (Å²) in [5.41, 5.74) is 1.80. The van der Waals surface area contributed by atoms with Gasteiger partial charge in [-0.05, 0) is 31.7 Å². The second kappa shape index (κ2) is 6.11. The topological polar surface area (TPSA) is 36.4 Å². The van der Waals surface area contributed by atoms with Gasteiger partial charge in [-0.2, -0.15) is 11.8 Å². The molecule has 3 nitrogen and oxygen atoms in total. The van der Waals surface area contributed by atoms with Gasteiger partial charge < -0.3 is 10.0 Å². The van der Waals surface area contributed by atoms with Crippen LogP contribution in [0.1, 0.15) is 18.2 Å². The van der Waals surface area contributed by atoms with Crippen LogP contribution in [0.2, 0.25) is 0 Å². The first-order chi connectivity index (χ1) is 7.60. The Balaban J connectivity index is 2.84. The Hall–Kier alpha value is -0.740. The number of hydrogen-bond donors (Lipinski definition) is 1. The first kappa shape index (κ1) is 13.3. The molecule has 0 aliphatic rings. The Labute approximate surface area is 102 Å².